The van der Waals surface area contributed by atoms with Crippen molar-refractivity contribution in [2.75, 3.05) is 0 Å². The SMILES string of the molecule is N.N.N.N.N.O=S(=O)([O-])C(F)(F)F.O=S(=O)([O-])C(F)(F)F.[Os+2].c1cc[nH]c1. The first-order valence-corrected chi connectivity index (χ1v) is 6.94. The molecule has 172 valence electrons. The van der Waals surface area contributed by atoms with Gasteiger partial charge in [-0.15, -0.1) is 0 Å². The summed E-state index contributed by atoms with van der Waals surface area (Å²) in [5, 5.41) is 0. The summed E-state index contributed by atoms with van der Waals surface area (Å²) in [5.74, 6) is 0. The van der Waals surface area contributed by atoms with E-state index >= 15 is 0 Å². The average molecular weight is 641 g/mol. The van der Waals surface area contributed by atoms with E-state index in [-0.39, 0.29) is 50.5 Å². The summed E-state index contributed by atoms with van der Waals surface area (Å²) in [4.78, 5) is 2.86. The molecule has 0 spiro atoms. The fraction of sp³-hybridized carbons (Fsp3) is 0.333. The number of aromatic nitrogens is 1. The molecule has 0 bridgehead atoms. The standard InChI is InChI=1S/C4H5N.2CHF3O3S.5H3N.Os/c1-2-4-5-3-1;2*2-1(3,4)8(5,6)7;;;;;;/h1-5H;2*(H,5,6,7);5*1H3;/q;;;;;;;;+2/p-2. The van der Waals surface area contributed by atoms with Crippen LogP contribution in [-0.4, -0.2) is 41.9 Å². The van der Waals surface area contributed by atoms with Crippen LogP contribution >= 0.6 is 0 Å². The van der Waals surface area contributed by atoms with E-state index in [1.807, 2.05) is 24.5 Å². The van der Waals surface area contributed by atoms with Gasteiger partial charge in [0.2, 0.25) is 0 Å². The predicted octanol–water partition coefficient (Wildman–Crippen LogP) is 1.92. The summed E-state index contributed by atoms with van der Waals surface area (Å²) in [5.41, 5.74) is -11.3. The van der Waals surface area contributed by atoms with Crippen LogP contribution in [0.25, 0.3) is 0 Å². The van der Waals surface area contributed by atoms with Gasteiger partial charge in [0.25, 0.3) is 0 Å². The summed E-state index contributed by atoms with van der Waals surface area (Å²) in [6, 6.07) is 3.89. The minimum atomic E-state index is -6.09. The van der Waals surface area contributed by atoms with Crippen LogP contribution in [0.1, 0.15) is 0 Å². The van der Waals surface area contributed by atoms with Crippen LogP contribution in [0.15, 0.2) is 24.5 Å². The molecule has 0 aliphatic heterocycles. The zero-order valence-corrected chi connectivity index (χ0v) is 17.4. The summed E-state index contributed by atoms with van der Waals surface area (Å²) < 4.78 is 118. The van der Waals surface area contributed by atoms with Gasteiger partial charge in [0.1, 0.15) is 0 Å². The van der Waals surface area contributed by atoms with Crippen molar-refractivity contribution in [3.8, 4) is 0 Å². The summed E-state index contributed by atoms with van der Waals surface area (Å²) in [6.45, 7) is 0. The van der Waals surface area contributed by atoms with Crippen molar-refractivity contribution in [3.63, 3.8) is 0 Å². The van der Waals surface area contributed by atoms with E-state index in [4.69, 9.17) is 25.9 Å². The van der Waals surface area contributed by atoms with Gasteiger partial charge >= 0.3 is 30.8 Å². The number of alkyl halides is 6. The number of hydrogen-bond acceptors (Lipinski definition) is 11. The van der Waals surface area contributed by atoms with E-state index < -0.39 is 31.3 Å². The Kier molecular flexibility index (Phi) is 34.4. The molecular formula is C6H20F6N6O6OsS2. The van der Waals surface area contributed by atoms with Crippen molar-refractivity contribution >= 4 is 20.2 Å². The summed E-state index contributed by atoms with van der Waals surface area (Å²) >= 11 is 0. The van der Waals surface area contributed by atoms with Gasteiger partial charge in [-0.1, -0.05) is 0 Å². The number of nitrogens with one attached hydrogen (secondary N) is 1. The number of H-pyrrole nitrogens is 1. The molecule has 0 saturated heterocycles. The summed E-state index contributed by atoms with van der Waals surface area (Å²) in [7, 11) is -12.2. The second-order valence-electron chi connectivity index (χ2n) is 2.68. The molecule has 0 fully saturated rings. The van der Waals surface area contributed by atoms with E-state index in [2.05, 4.69) is 4.98 Å². The molecule has 16 N–H and O–H groups in total. The topological polar surface area (TPSA) is 305 Å². The second-order valence-corrected chi connectivity index (χ2v) is 5.43. The van der Waals surface area contributed by atoms with Crippen molar-refractivity contribution in [2.24, 2.45) is 0 Å². The van der Waals surface area contributed by atoms with Crippen LogP contribution in [-0.2, 0) is 40.0 Å². The van der Waals surface area contributed by atoms with Crippen LogP contribution in [0.5, 0.6) is 0 Å². The molecule has 0 saturated carbocycles. The number of aromatic amines is 1. The average Bonchev–Trinajstić information content (AvgIpc) is 2.68. The van der Waals surface area contributed by atoms with Crippen molar-refractivity contribution in [1.29, 1.82) is 0 Å². The second kappa shape index (κ2) is 18.5. The zero-order valence-electron chi connectivity index (χ0n) is 13.2. The van der Waals surface area contributed by atoms with E-state index in [9.17, 15) is 26.3 Å². The van der Waals surface area contributed by atoms with Crippen molar-refractivity contribution in [3.05, 3.63) is 24.5 Å². The van der Waals surface area contributed by atoms with Gasteiger partial charge in [-0.2, -0.15) is 26.3 Å². The maximum Gasteiger partial charge on any atom is 2.00 e. The van der Waals surface area contributed by atoms with Gasteiger partial charge in [-0.3, -0.25) is 0 Å². The van der Waals surface area contributed by atoms with Crippen LogP contribution < -0.4 is 30.8 Å². The molecule has 0 atom stereocenters. The molecule has 0 aliphatic carbocycles. The predicted molar refractivity (Wildman–Crippen MR) is 77.4 cm³/mol. The largest absolute Gasteiger partial charge is 2.00 e. The third kappa shape index (κ3) is 27.4. The first-order valence-electron chi connectivity index (χ1n) is 4.12. The first kappa shape index (κ1) is 50.2. The van der Waals surface area contributed by atoms with Gasteiger partial charge in [0.15, 0.2) is 20.2 Å². The number of halogens is 6. The summed E-state index contributed by atoms with van der Waals surface area (Å²) in [6.07, 6.45) is 3.75. The molecular weight excluding hydrogens is 620 g/mol. The van der Waals surface area contributed by atoms with Crippen molar-refractivity contribution in [1.82, 2.24) is 35.7 Å². The molecule has 27 heavy (non-hydrogen) atoms. The smallest absolute Gasteiger partial charge is 0.741 e. The third-order valence-corrected chi connectivity index (χ3v) is 2.20. The number of hydrogen-bond donors (Lipinski definition) is 6. The fourth-order valence-corrected chi connectivity index (χ4v) is 0.278. The molecule has 21 heteroatoms. The van der Waals surface area contributed by atoms with Crippen molar-refractivity contribution in [2.45, 2.75) is 11.0 Å². The van der Waals surface area contributed by atoms with E-state index in [0.29, 0.717) is 0 Å². The Morgan fingerprint density at radius 3 is 0.815 bits per heavy atom. The van der Waals surface area contributed by atoms with Crippen LogP contribution in [0.2, 0.25) is 0 Å². The van der Waals surface area contributed by atoms with E-state index in [1.165, 1.54) is 0 Å². The zero-order chi connectivity index (χ0) is 17.5. The maximum atomic E-state index is 10.7. The van der Waals surface area contributed by atoms with Crippen molar-refractivity contribution < 1.29 is 72.1 Å². The van der Waals surface area contributed by atoms with Gasteiger partial charge in [-0.05, 0) is 12.1 Å². The van der Waals surface area contributed by atoms with Gasteiger partial charge < -0.3 is 44.8 Å². The molecule has 1 aromatic heterocycles. The minimum Gasteiger partial charge on any atom is -0.741 e. The number of rotatable bonds is 0. The molecule has 0 unspecified atom stereocenters. The normalized spacial score (nSPS) is 9.78. The Bertz CT molecular complexity index is 548. The van der Waals surface area contributed by atoms with E-state index in [1.54, 1.807) is 0 Å². The molecule has 0 aliphatic rings. The molecule has 1 heterocycles. The van der Waals surface area contributed by atoms with Crippen LogP contribution in [0, 0.1) is 0 Å². The molecule has 1 aromatic rings. The quantitative estimate of drug-likeness (QED) is 0.135. The minimum absolute atomic E-state index is 0. The van der Waals surface area contributed by atoms with Crippen LogP contribution in [0.3, 0.4) is 0 Å². The van der Waals surface area contributed by atoms with Gasteiger partial charge in [-0.25, -0.2) is 16.8 Å². The molecule has 0 amide bonds. The third-order valence-electron chi connectivity index (χ3n) is 1.06. The van der Waals surface area contributed by atoms with Crippen LogP contribution in [0.4, 0.5) is 26.3 Å². The molecule has 0 aromatic carbocycles. The Labute approximate surface area is 163 Å². The molecule has 1 rings (SSSR count). The van der Waals surface area contributed by atoms with Gasteiger partial charge in [0, 0.05) is 12.4 Å². The Morgan fingerprint density at radius 1 is 0.630 bits per heavy atom. The Balaban J connectivity index is -0.0000000305. The van der Waals surface area contributed by atoms with E-state index in [0.717, 1.165) is 0 Å². The monoisotopic (exact) mass is 642 g/mol. The Morgan fingerprint density at radius 2 is 0.778 bits per heavy atom. The van der Waals surface area contributed by atoms with Gasteiger partial charge in [0.05, 0.1) is 0 Å². The maximum absolute atomic E-state index is 10.7. The molecule has 12 nitrogen and oxygen atoms in total. The molecule has 0 radical (unpaired) electrons. The Hall–Kier alpha value is -0.884. The fourth-order valence-electron chi connectivity index (χ4n) is 0.278. The first-order chi connectivity index (χ1) is 9.00.